The third-order valence-electron chi connectivity index (χ3n) is 3.19. The van der Waals surface area contributed by atoms with Gasteiger partial charge in [0.25, 0.3) is 0 Å². The molecule has 0 radical (unpaired) electrons. The highest BCUT2D eigenvalue weighted by Gasteiger charge is 2.36. The summed E-state index contributed by atoms with van der Waals surface area (Å²) in [6, 6.07) is 8.89. The summed E-state index contributed by atoms with van der Waals surface area (Å²) < 4.78 is 0. The average Bonchev–Trinajstić information content (AvgIpc) is 2.98. The molecule has 2 heteroatoms. The van der Waals surface area contributed by atoms with Crippen LogP contribution in [-0.2, 0) is 13.2 Å². The lowest BCUT2D eigenvalue weighted by atomic mass is 10.1. The minimum absolute atomic E-state index is 0.149. The molecule has 1 N–H and O–H groups in total. The van der Waals surface area contributed by atoms with Gasteiger partial charge >= 0.3 is 0 Å². The van der Waals surface area contributed by atoms with E-state index in [1.807, 2.05) is 18.2 Å². The van der Waals surface area contributed by atoms with Gasteiger partial charge in [-0.1, -0.05) is 38.1 Å². The average molecular weight is 205 g/mol. The summed E-state index contributed by atoms with van der Waals surface area (Å²) in [7, 11) is 0. The molecule has 1 aromatic rings. The Hall–Kier alpha value is -0.860. The quantitative estimate of drug-likeness (QED) is 0.760. The third-order valence-corrected chi connectivity index (χ3v) is 3.19. The van der Waals surface area contributed by atoms with E-state index in [2.05, 4.69) is 24.8 Å². The predicted molar refractivity (Wildman–Crippen MR) is 61.4 cm³/mol. The highest BCUT2D eigenvalue weighted by molar-refractivity contribution is 5.27. The van der Waals surface area contributed by atoms with E-state index >= 15 is 0 Å². The van der Waals surface area contributed by atoms with Crippen molar-refractivity contribution < 1.29 is 5.11 Å². The molecule has 2 atom stereocenters. The van der Waals surface area contributed by atoms with Crippen LogP contribution in [0.2, 0.25) is 0 Å². The van der Waals surface area contributed by atoms with Gasteiger partial charge in [-0.3, -0.25) is 4.90 Å². The summed E-state index contributed by atoms with van der Waals surface area (Å²) in [5, 5.41) is 9.21. The molecule has 2 rings (SSSR count). The topological polar surface area (TPSA) is 23.2 Å². The van der Waals surface area contributed by atoms with Gasteiger partial charge < -0.3 is 5.11 Å². The van der Waals surface area contributed by atoms with Crippen molar-refractivity contribution in [1.82, 2.24) is 4.90 Å². The van der Waals surface area contributed by atoms with Gasteiger partial charge in [-0.05, 0) is 17.0 Å². The molecule has 0 aromatic heterocycles. The first-order valence-corrected chi connectivity index (χ1v) is 5.64. The number of hydrogen-bond donors (Lipinski definition) is 1. The second-order valence-corrected chi connectivity index (χ2v) is 4.67. The van der Waals surface area contributed by atoms with Crippen LogP contribution < -0.4 is 0 Å². The minimum atomic E-state index is 0.149. The molecule has 1 heterocycles. The Kier molecular flexibility index (Phi) is 3.08. The number of benzene rings is 1. The van der Waals surface area contributed by atoms with Gasteiger partial charge in [-0.25, -0.2) is 0 Å². The molecule has 0 saturated carbocycles. The molecule has 0 bridgehead atoms. The maximum Gasteiger partial charge on any atom is 0.0685 e. The maximum atomic E-state index is 9.21. The molecule has 0 spiro atoms. The van der Waals surface area contributed by atoms with E-state index in [1.54, 1.807) is 0 Å². The zero-order valence-corrected chi connectivity index (χ0v) is 9.48. The summed E-state index contributed by atoms with van der Waals surface area (Å²) in [6.45, 7) is 6.87. The van der Waals surface area contributed by atoms with Crippen LogP contribution in [0.1, 0.15) is 25.0 Å². The largest absolute Gasteiger partial charge is 0.392 e. The van der Waals surface area contributed by atoms with E-state index in [9.17, 15) is 5.11 Å². The molecule has 0 amide bonds. The summed E-state index contributed by atoms with van der Waals surface area (Å²) in [4.78, 5) is 2.46. The van der Waals surface area contributed by atoms with Crippen LogP contribution in [0.5, 0.6) is 0 Å². The van der Waals surface area contributed by atoms with Crippen molar-refractivity contribution in [3.05, 3.63) is 35.4 Å². The van der Waals surface area contributed by atoms with Crippen molar-refractivity contribution >= 4 is 0 Å². The first kappa shape index (κ1) is 10.7. The summed E-state index contributed by atoms with van der Waals surface area (Å²) in [6.07, 6.45) is 0. The molecule has 82 valence electrons. The standard InChI is InChI=1S/C13H19NO/c1-10(2)13-8-14(13)7-11-5-3-4-6-12(11)9-15/h3-6,10,13,15H,7-9H2,1-2H3/t13-,14?/m1/s1. The molecule has 1 aliphatic heterocycles. The molecule has 2 nitrogen and oxygen atoms in total. The van der Waals surface area contributed by atoms with Crippen LogP contribution in [0.3, 0.4) is 0 Å². The minimum Gasteiger partial charge on any atom is -0.392 e. The number of nitrogens with zero attached hydrogens (tertiary/aromatic N) is 1. The van der Waals surface area contributed by atoms with Crippen molar-refractivity contribution in [3.8, 4) is 0 Å². The Bertz CT molecular complexity index is 335. The Morgan fingerprint density at radius 1 is 1.33 bits per heavy atom. The van der Waals surface area contributed by atoms with Crippen molar-refractivity contribution in [2.75, 3.05) is 6.54 Å². The van der Waals surface area contributed by atoms with Crippen LogP contribution in [0.25, 0.3) is 0 Å². The first-order chi connectivity index (χ1) is 7.22. The van der Waals surface area contributed by atoms with E-state index in [-0.39, 0.29) is 6.61 Å². The maximum absolute atomic E-state index is 9.21. The molecule has 15 heavy (non-hydrogen) atoms. The lowest BCUT2D eigenvalue weighted by Crippen LogP contribution is -2.08. The molecule has 1 saturated heterocycles. The highest BCUT2D eigenvalue weighted by atomic mass is 16.3. The van der Waals surface area contributed by atoms with E-state index in [1.165, 1.54) is 12.1 Å². The van der Waals surface area contributed by atoms with Crippen molar-refractivity contribution in [2.45, 2.75) is 33.0 Å². The van der Waals surface area contributed by atoms with Gasteiger partial charge in [0.1, 0.15) is 0 Å². The van der Waals surface area contributed by atoms with Crippen molar-refractivity contribution in [2.24, 2.45) is 5.92 Å². The number of aliphatic hydroxyl groups excluding tert-OH is 1. The summed E-state index contributed by atoms with van der Waals surface area (Å²) in [5.41, 5.74) is 2.33. The fraction of sp³-hybridized carbons (Fsp3) is 0.538. The van der Waals surface area contributed by atoms with Crippen LogP contribution in [0.15, 0.2) is 24.3 Å². The normalized spacial score (nSPS) is 24.5. The van der Waals surface area contributed by atoms with Gasteiger partial charge in [-0.2, -0.15) is 0 Å². The second kappa shape index (κ2) is 4.33. The van der Waals surface area contributed by atoms with Crippen LogP contribution in [-0.4, -0.2) is 22.6 Å². The van der Waals surface area contributed by atoms with E-state index < -0.39 is 0 Å². The monoisotopic (exact) mass is 205 g/mol. The molecule has 0 aliphatic carbocycles. The van der Waals surface area contributed by atoms with Crippen molar-refractivity contribution in [1.29, 1.82) is 0 Å². The van der Waals surface area contributed by atoms with Crippen molar-refractivity contribution in [3.63, 3.8) is 0 Å². The Balaban J connectivity index is 2.00. The fourth-order valence-corrected chi connectivity index (χ4v) is 2.09. The van der Waals surface area contributed by atoms with E-state index in [4.69, 9.17) is 0 Å². The highest BCUT2D eigenvalue weighted by Crippen LogP contribution is 2.28. The number of aliphatic hydroxyl groups is 1. The Labute approximate surface area is 91.5 Å². The predicted octanol–water partition coefficient (Wildman–Crippen LogP) is 2.02. The SMILES string of the molecule is CC(C)[C@H]1CN1Cc1ccccc1CO. The fourth-order valence-electron chi connectivity index (χ4n) is 2.09. The lowest BCUT2D eigenvalue weighted by molar-refractivity contribution is 0.279. The first-order valence-electron chi connectivity index (χ1n) is 5.64. The zero-order chi connectivity index (χ0) is 10.8. The zero-order valence-electron chi connectivity index (χ0n) is 9.48. The molecule has 1 aromatic carbocycles. The summed E-state index contributed by atoms with van der Waals surface area (Å²) >= 11 is 0. The molecular weight excluding hydrogens is 186 g/mol. The Morgan fingerprint density at radius 3 is 2.53 bits per heavy atom. The van der Waals surface area contributed by atoms with Gasteiger partial charge in [0.15, 0.2) is 0 Å². The molecular formula is C13H19NO. The van der Waals surface area contributed by atoms with Gasteiger partial charge in [0.05, 0.1) is 6.61 Å². The molecule has 1 unspecified atom stereocenters. The summed E-state index contributed by atoms with van der Waals surface area (Å²) in [5.74, 6) is 0.742. The van der Waals surface area contributed by atoms with Gasteiger partial charge in [0, 0.05) is 19.1 Å². The van der Waals surface area contributed by atoms with E-state index in [0.717, 1.165) is 24.1 Å². The van der Waals surface area contributed by atoms with Crippen LogP contribution in [0, 0.1) is 5.92 Å². The van der Waals surface area contributed by atoms with E-state index in [0.29, 0.717) is 0 Å². The number of hydrogen-bond acceptors (Lipinski definition) is 2. The van der Waals surface area contributed by atoms with Crippen LogP contribution in [0.4, 0.5) is 0 Å². The van der Waals surface area contributed by atoms with Crippen LogP contribution >= 0.6 is 0 Å². The molecule has 1 aliphatic rings. The third kappa shape index (κ3) is 2.39. The molecule has 1 fully saturated rings. The Morgan fingerprint density at radius 2 is 2.00 bits per heavy atom. The smallest absolute Gasteiger partial charge is 0.0685 e. The van der Waals surface area contributed by atoms with Gasteiger partial charge in [-0.15, -0.1) is 0 Å². The lowest BCUT2D eigenvalue weighted by Gasteiger charge is -2.09. The number of rotatable bonds is 4. The second-order valence-electron chi connectivity index (χ2n) is 4.67. The van der Waals surface area contributed by atoms with Gasteiger partial charge in [0.2, 0.25) is 0 Å².